The van der Waals surface area contributed by atoms with Crippen LogP contribution in [0.5, 0.6) is 5.75 Å². The first-order chi connectivity index (χ1) is 15.1. The number of hydrogen-bond acceptors (Lipinski definition) is 4. The minimum Gasteiger partial charge on any atom is -0.483 e. The molecule has 1 heterocycles. The fraction of sp³-hybridized carbons (Fsp3) is 0.292. The molecule has 0 aliphatic heterocycles. The molecule has 0 fully saturated rings. The van der Waals surface area contributed by atoms with Crippen LogP contribution < -0.4 is 10.1 Å². The van der Waals surface area contributed by atoms with Crippen LogP contribution in [-0.2, 0) is 11.2 Å². The van der Waals surface area contributed by atoms with Gasteiger partial charge >= 0.3 is 0 Å². The summed E-state index contributed by atoms with van der Waals surface area (Å²) in [6, 6.07) is 17.0. The van der Waals surface area contributed by atoms with E-state index in [1.807, 2.05) is 75.4 Å². The van der Waals surface area contributed by atoms with Gasteiger partial charge in [-0.3, -0.25) is 9.59 Å². The van der Waals surface area contributed by atoms with Crippen molar-refractivity contribution < 1.29 is 14.3 Å². The lowest BCUT2D eigenvalue weighted by Crippen LogP contribution is -2.31. The van der Waals surface area contributed by atoms with Crippen LogP contribution in [0.2, 0.25) is 0 Å². The monoisotopic (exact) mass is 420 g/mol. The van der Waals surface area contributed by atoms with Gasteiger partial charge in [0, 0.05) is 13.1 Å². The van der Waals surface area contributed by atoms with Gasteiger partial charge < -0.3 is 15.0 Å². The lowest BCUT2D eigenvalue weighted by Gasteiger charge is -2.19. The third-order valence-corrected chi connectivity index (χ3v) is 5.02. The van der Waals surface area contributed by atoms with Gasteiger partial charge in [0.05, 0.1) is 11.9 Å². The number of hydrogen-bond donors (Lipinski definition) is 1. The molecule has 0 saturated heterocycles. The van der Waals surface area contributed by atoms with E-state index in [4.69, 9.17) is 4.74 Å². The van der Waals surface area contributed by atoms with Gasteiger partial charge in [0.1, 0.15) is 17.1 Å². The van der Waals surface area contributed by atoms with Crippen molar-refractivity contribution in [2.45, 2.75) is 27.2 Å². The Labute approximate surface area is 182 Å². The van der Waals surface area contributed by atoms with Crippen LogP contribution in [0.1, 0.15) is 36.7 Å². The van der Waals surface area contributed by atoms with E-state index in [1.165, 1.54) is 6.20 Å². The molecule has 0 spiro atoms. The van der Waals surface area contributed by atoms with Crippen molar-refractivity contribution in [3.8, 4) is 11.4 Å². The first kappa shape index (κ1) is 22.1. The number of amides is 2. The number of carbonyl (C=O) groups is 2. The van der Waals surface area contributed by atoms with Gasteiger partial charge in [-0.15, -0.1) is 0 Å². The molecule has 0 unspecified atom stereocenters. The molecular weight excluding hydrogens is 392 g/mol. The maximum Gasteiger partial charge on any atom is 0.263 e. The molecule has 2 amide bonds. The smallest absolute Gasteiger partial charge is 0.263 e. The van der Waals surface area contributed by atoms with Gasteiger partial charge in [0.15, 0.2) is 6.61 Å². The van der Waals surface area contributed by atoms with Crippen LogP contribution in [0.3, 0.4) is 0 Å². The van der Waals surface area contributed by atoms with Crippen LogP contribution in [0, 0.1) is 0 Å². The highest BCUT2D eigenvalue weighted by atomic mass is 16.5. The van der Waals surface area contributed by atoms with Gasteiger partial charge in [-0.25, -0.2) is 4.68 Å². The van der Waals surface area contributed by atoms with Crippen LogP contribution in [-0.4, -0.2) is 46.2 Å². The molecule has 0 aliphatic carbocycles. The SMILES string of the molecule is CCc1ccccc1OCC(=O)Nc1c(C(=O)N(CC)CC)cnn1-c1ccccc1. The number of rotatable bonds is 9. The summed E-state index contributed by atoms with van der Waals surface area (Å²) < 4.78 is 7.30. The molecule has 0 aliphatic rings. The zero-order valence-corrected chi connectivity index (χ0v) is 18.2. The van der Waals surface area contributed by atoms with Crippen LogP contribution in [0.15, 0.2) is 60.8 Å². The van der Waals surface area contributed by atoms with Crippen molar-refractivity contribution in [3.63, 3.8) is 0 Å². The van der Waals surface area contributed by atoms with Crippen LogP contribution in [0.4, 0.5) is 5.82 Å². The number of ether oxygens (including phenoxy) is 1. The summed E-state index contributed by atoms with van der Waals surface area (Å²) in [6.45, 7) is 6.83. The highest BCUT2D eigenvalue weighted by Gasteiger charge is 2.23. The Morgan fingerprint density at radius 2 is 1.68 bits per heavy atom. The van der Waals surface area contributed by atoms with Gasteiger partial charge in [0.2, 0.25) is 0 Å². The van der Waals surface area contributed by atoms with E-state index >= 15 is 0 Å². The normalized spacial score (nSPS) is 10.5. The number of carbonyl (C=O) groups excluding carboxylic acids is 2. The molecule has 7 nitrogen and oxygen atoms in total. The minimum absolute atomic E-state index is 0.171. The molecule has 1 aromatic heterocycles. The van der Waals surface area contributed by atoms with Crippen molar-refractivity contribution >= 4 is 17.6 Å². The summed E-state index contributed by atoms with van der Waals surface area (Å²) in [5.74, 6) is 0.466. The molecule has 2 aromatic carbocycles. The molecule has 7 heteroatoms. The summed E-state index contributed by atoms with van der Waals surface area (Å²) in [5.41, 5.74) is 2.12. The van der Waals surface area contributed by atoms with Gasteiger partial charge in [0.25, 0.3) is 11.8 Å². The highest BCUT2D eigenvalue weighted by molar-refractivity contribution is 6.03. The Morgan fingerprint density at radius 1 is 1.00 bits per heavy atom. The van der Waals surface area contributed by atoms with E-state index < -0.39 is 0 Å². The minimum atomic E-state index is -0.364. The molecular formula is C24H28N4O3. The first-order valence-corrected chi connectivity index (χ1v) is 10.5. The number of aromatic nitrogens is 2. The molecule has 0 atom stereocenters. The van der Waals surface area contributed by atoms with Gasteiger partial charge in [-0.2, -0.15) is 5.10 Å². The largest absolute Gasteiger partial charge is 0.483 e. The fourth-order valence-electron chi connectivity index (χ4n) is 3.32. The highest BCUT2D eigenvalue weighted by Crippen LogP contribution is 2.23. The second-order valence-electron chi connectivity index (χ2n) is 6.93. The molecule has 3 aromatic rings. The molecule has 0 radical (unpaired) electrons. The Bertz CT molecular complexity index is 1030. The predicted molar refractivity (Wildman–Crippen MR) is 121 cm³/mol. The summed E-state index contributed by atoms with van der Waals surface area (Å²) in [6.07, 6.45) is 2.30. The Morgan fingerprint density at radius 3 is 2.35 bits per heavy atom. The lowest BCUT2D eigenvalue weighted by atomic mass is 10.1. The summed E-state index contributed by atoms with van der Waals surface area (Å²) >= 11 is 0. The second-order valence-corrected chi connectivity index (χ2v) is 6.93. The van der Waals surface area contributed by atoms with Gasteiger partial charge in [-0.05, 0) is 44.0 Å². The quantitative estimate of drug-likeness (QED) is 0.569. The fourth-order valence-corrected chi connectivity index (χ4v) is 3.32. The van der Waals surface area contributed by atoms with E-state index in [9.17, 15) is 9.59 Å². The topological polar surface area (TPSA) is 76.5 Å². The summed E-state index contributed by atoms with van der Waals surface area (Å²) in [5, 5.41) is 7.21. The van der Waals surface area contributed by atoms with Crippen LogP contribution >= 0.6 is 0 Å². The van der Waals surface area contributed by atoms with Crippen molar-refractivity contribution in [2.75, 3.05) is 25.0 Å². The molecule has 3 rings (SSSR count). The average molecular weight is 421 g/mol. The maximum absolute atomic E-state index is 13.0. The Balaban J connectivity index is 1.86. The zero-order chi connectivity index (χ0) is 22.2. The maximum atomic E-state index is 13.0. The molecule has 1 N–H and O–H groups in total. The van der Waals surface area contributed by atoms with E-state index in [-0.39, 0.29) is 18.4 Å². The molecule has 31 heavy (non-hydrogen) atoms. The Kier molecular flexibility index (Phi) is 7.43. The molecule has 0 saturated carbocycles. The third kappa shape index (κ3) is 5.12. The predicted octanol–water partition coefficient (Wildman–Crippen LogP) is 3.93. The third-order valence-electron chi connectivity index (χ3n) is 5.02. The number of para-hydroxylation sites is 2. The van der Waals surface area contributed by atoms with Crippen molar-refractivity contribution in [1.82, 2.24) is 14.7 Å². The standard InChI is InChI=1S/C24H28N4O3/c1-4-18-12-10-11-15-21(18)31-17-22(29)26-23-20(24(30)27(5-2)6-3)16-25-28(23)19-13-8-7-9-14-19/h7-16H,4-6,17H2,1-3H3,(H,26,29). The average Bonchev–Trinajstić information content (AvgIpc) is 3.22. The number of nitrogens with one attached hydrogen (secondary N) is 1. The number of benzene rings is 2. The zero-order valence-electron chi connectivity index (χ0n) is 18.2. The van der Waals surface area contributed by atoms with Crippen molar-refractivity contribution in [3.05, 3.63) is 71.9 Å². The van der Waals surface area contributed by atoms with Crippen molar-refractivity contribution in [2.24, 2.45) is 0 Å². The second kappa shape index (κ2) is 10.4. The van der Waals surface area contributed by atoms with Crippen LogP contribution in [0.25, 0.3) is 5.69 Å². The molecule has 162 valence electrons. The summed E-state index contributed by atoms with van der Waals surface area (Å²) in [7, 11) is 0. The van der Waals surface area contributed by atoms with E-state index in [0.717, 1.165) is 17.7 Å². The van der Waals surface area contributed by atoms with Crippen molar-refractivity contribution in [1.29, 1.82) is 0 Å². The number of anilines is 1. The molecule has 0 bridgehead atoms. The first-order valence-electron chi connectivity index (χ1n) is 10.5. The number of aryl methyl sites for hydroxylation is 1. The van der Waals surface area contributed by atoms with Gasteiger partial charge in [-0.1, -0.05) is 43.3 Å². The van der Waals surface area contributed by atoms with E-state index in [1.54, 1.807) is 9.58 Å². The van der Waals surface area contributed by atoms with E-state index in [0.29, 0.717) is 30.2 Å². The lowest BCUT2D eigenvalue weighted by molar-refractivity contribution is -0.118. The number of nitrogens with zero attached hydrogens (tertiary/aromatic N) is 3. The summed E-state index contributed by atoms with van der Waals surface area (Å²) in [4.78, 5) is 27.4. The Hall–Kier alpha value is -3.61. The van der Waals surface area contributed by atoms with E-state index in [2.05, 4.69) is 10.4 Å².